The van der Waals surface area contributed by atoms with E-state index in [0.717, 1.165) is 37.7 Å². The first-order chi connectivity index (χ1) is 21.2. The molecule has 1 unspecified atom stereocenters. The fourth-order valence-electron chi connectivity index (χ4n) is 5.55. The van der Waals surface area contributed by atoms with E-state index in [0.29, 0.717) is 57.7 Å². The number of hydrogen-bond acceptors (Lipinski definition) is 5. The van der Waals surface area contributed by atoms with E-state index in [1.165, 1.54) is 23.3 Å². The number of aryl methyl sites for hydroxylation is 2. The Hall–Kier alpha value is -3.41. The van der Waals surface area contributed by atoms with Gasteiger partial charge in [0.2, 0.25) is 11.8 Å². The van der Waals surface area contributed by atoms with Gasteiger partial charge in [-0.15, -0.1) is 12.3 Å². The van der Waals surface area contributed by atoms with E-state index in [4.69, 9.17) is 16.9 Å². The Kier molecular flexibility index (Phi) is 14.2. The van der Waals surface area contributed by atoms with Crippen molar-refractivity contribution >= 4 is 11.8 Å². The highest BCUT2D eigenvalue weighted by Crippen LogP contribution is 2.45. The standard InChI is InChI=1S/C36H50FN3O4/c1-4-10-29(35(38)43)14-16-34(42)40(19-5-2)20-7-8-21-44-33-24-28(23-31(37)25-33)13-15-32(41)26-39-36(17-18-36)30-12-9-11-27(6-3)22-30/h1,9,11-12,22-25,29,32,39,41H,5-8,10,13-21,26H2,2-3H3,(H2,38,43)/t29?,32-/m0/s1. The molecule has 2 atom stereocenters. The van der Waals surface area contributed by atoms with E-state index in [-0.39, 0.29) is 30.1 Å². The predicted octanol–water partition coefficient (Wildman–Crippen LogP) is 5.26. The normalized spacial score (nSPS) is 14.8. The molecule has 8 heteroatoms. The molecule has 7 nitrogen and oxygen atoms in total. The lowest BCUT2D eigenvalue weighted by molar-refractivity contribution is -0.132. The highest BCUT2D eigenvalue weighted by atomic mass is 19.1. The van der Waals surface area contributed by atoms with Crippen LogP contribution in [0.5, 0.6) is 5.75 Å². The van der Waals surface area contributed by atoms with Crippen molar-refractivity contribution < 1.29 is 23.8 Å². The topological polar surface area (TPSA) is 105 Å². The molecule has 0 bridgehead atoms. The van der Waals surface area contributed by atoms with Crippen LogP contribution in [0, 0.1) is 24.1 Å². The molecule has 0 aromatic heterocycles. The second kappa shape index (κ2) is 17.8. The molecule has 1 aliphatic rings. The Morgan fingerprint density at radius 3 is 2.61 bits per heavy atom. The molecule has 1 fully saturated rings. The van der Waals surface area contributed by atoms with Crippen molar-refractivity contribution in [2.75, 3.05) is 26.2 Å². The van der Waals surface area contributed by atoms with Crippen LogP contribution in [0.1, 0.15) is 88.3 Å². The second-order valence-electron chi connectivity index (χ2n) is 12.0. The van der Waals surface area contributed by atoms with E-state index < -0.39 is 17.9 Å². The molecular weight excluding hydrogens is 557 g/mol. The van der Waals surface area contributed by atoms with Crippen LogP contribution in [0.15, 0.2) is 42.5 Å². The van der Waals surface area contributed by atoms with E-state index >= 15 is 0 Å². The number of halogens is 1. The molecule has 0 saturated heterocycles. The van der Waals surface area contributed by atoms with Gasteiger partial charge >= 0.3 is 0 Å². The van der Waals surface area contributed by atoms with Crippen LogP contribution >= 0.6 is 0 Å². The van der Waals surface area contributed by atoms with Gasteiger partial charge in [0.25, 0.3) is 0 Å². The summed E-state index contributed by atoms with van der Waals surface area (Å²) in [6.45, 7) is 6.28. The molecule has 44 heavy (non-hydrogen) atoms. The predicted molar refractivity (Wildman–Crippen MR) is 172 cm³/mol. The van der Waals surface area contributed by atoms with Gasteiger partial charge in [0.1, 0.15) is 11.6 Å². The van der Waals surface area contributed by atoms with Crippen molar-refractivity contribution in [3.8, 4) is 18.1 Å². The molecule has 0 aliphatic heterocycles. The van der Waals surface area contributed by atoms with Crippen LogP contribution in [0.25, 0.3) is 0 Å². The number of nitrogens with two attached hydrogens (primary N) is 1. The maximum absolute atomic E-state index is 14.4. The number of aliphatic hydroxyl groups is 1. The van der Waals surface area contributed by atoms with Gasteiger partial charge in [-0.05, 0) is 86.6 Å². The summed E-state index contributed by atoms with van der Waals surface area (Å²) >= 11 is 0. The van der Waals surface area contributed by atoms with Crippen LogP contribution in [0.3, 0.4) is 0 Å². The smallest absolute Gasteiger partial charge is 0.222 e. The van der Waals surface area contributed by atoms with Crippen LogP contribution in [-0.4, -0.2) is 54.2 Å². The Bertz CT molecular complexity index is 1260. The first kappa shape index (κ1) is 35.1. The molecule has 2 aromatic rings. The fraction of sp³-hybridized carbons (Fsp3) is 0.556. The van der Waals surface area contributed by atoms with Crippen molar-refractivity contribution in [2.24, 2.45) is 11.7 Å². The van der Waals surface area contributed by atoms with Crippen molar-refractivity contribution in [1.29, 1.82) is 0 Å². The quantitative estimate of drug-likeness (QED) is 0.133. The van der Waals surface area contributed by atoms with E-state index in [1.807, 2.05) is 17.9 Å². The molecule has 240 valence electrons. The molecule has 3 rings (SSSR count). The van der Waals surface area contributed by atoms with Crippen molar-refractivity contribution in [3.63, 3.8) is 0 Å². The molecule has 1 saturated carbocycles. The van der Waals surface area contributed by atoms with E-state index in [9.17, 15) is 19.1 Å². The zero-order valence-electron chi connectivity index (χ0n) is 26.5. The minimum absolute atomic E-state index is 0.0128. The Labute approximate surface area is 262 Å². The fourth-order valence-corrected chi connectivity index (χ4v) is 5.55. The Morgan fingerprint density at radius 1 is 1.14 bits per heavy atom. The van der Waals surface area contributed by atoms with Gasteiger partial charge in [0.15, 0.2) is 0 Å². The summed E-state index contributed by atoms with van der Waals surface area (Å²) in [5, 5.41) is 14.3. The number of amides is 2. The van der Waals surface area contributed by atoms with Crippen LogP contribution in [0.2, 0.25) is 0 Å². The second-order valence-corrected chi connectivity index (χ2v) is 12.0. The summed E-state index contributed by atoms with van der Waals surface area (Å²) in [5.41, 5.74) is 8.75. The lowest BCUT2D eigenvalue weighted by Crippen LogP contribution is -2.36. The Balaban J connectivity index is 1.39. The van der Waals surface area contributed by atoms with Crippen molar-refractivity contribution in [2.45, 2.75) is 96.1 Å². The average Bonchev–Trinajstić information content (AvgIpc) is 3.81. The number of aliphatic hydroxyl groups excluding tert-OH is 1. The number of primary amides is 1. The van der Waals surface area contributed by atoms with Gasteiger partial charge in [-0.2, -0.15) is 0 Å². The van der Waals surface area contributed by atoms with Gasteiger partial charge in [-0.3, -0.25) is 9.59 Å². The summed E-state index contributed by atoms with van der Waals surface area (Å²) in [5.74, 6) is 1.58. The summed E-state index contributed by atoms with van der Waals surface area (Å²) in [6, 6.07) is 13.4. The number of carbonyl (C=O) groups is 2. The van der Waals surface area contributed by atoms with Gasteiger partial charge in [-0.25, -0.2) is 4.39 Å². The molecule has 2 amide bonds. The monoisotopic (exact) mass is 607 g/mol. The van der Waals surface area contributed by atoms with Crippen molar-refractivity contribution in [1.82, 2.24) is 10.2 Å². The first-order valence-corrected chi connectivity index (χ1v) is 16.1. The SMILES string of the molecule is C#CCC(CCC(=O)N(CCC)CCCCOc1cc(F)cc(CC[C@H](O)CNC2(c3cccc(CC)c3)CC2)c1)C(N)=O. The number of ether oxygens (including phenoxy) is 1. The minimum atomic E-state index is -0.540. The zero-order valence-corrected chi connectivity index (χ0v) is 26.5. The largest absolute Gasteiger partial charge is 0.493 e. The van der Waals surface area contributed by atoms with Gasteiger partial charge in [0.05, 0.1) is 12.7 Å². The molecule has 0 spiro atoms. The third-order valence-corrected chi connectivity index (χ3v) is 8.42. The number of hydrogen-bond donors (Lipinski definition) is 3. The first-order valence-electron chi connectivity index (χ1n) is 16.1. The lowest BCUT2D eigenvalue weighted by Gasteiger charge is -2.23. The minimum Gasteiger partial charge on any atom is -0.493 e. The molecule has 2 aromatic carbocycles. The highest BCUT2D eigenvalue weighted by molar-refractivity contribution is 5.79. The number of unbranched alkanes of at least 4 members (excludes halogenated alkanes) is 1. The molecule has 4 N–H and O–H groups in total. The number of nitrogens with zero attached hydrogens (tertiary/aromatic N) is 1. The van der Waals surface area contributed by atoms with Crippen LogP contribution in [-0.2, 0) is 28.0 Å². The summed E-state index contributed by atoms with van der Waals surface area (Å²) < 4.78 is 20.2. The zero-order chi connectivity index (χ0) is 32.0. The van der Waals surface area contributed by atoms with Gasteiger partial charge in [-0.1, -0.05) is 38.1 Å². The van der Waals surface area contributed by atoms with E-state index in [1.54, 1.807) is 0 Å². The van der Waals surface area contributed by atoms with Crippen molar-refractivity contribution in [3.05, 3.63) is 65.0 Å². The number of benzene rings is 2. The lowest BCUT2D eigenvalue weighted by atomic mass is 9.98. The number of carbonyl (C=O) groups excluding carboxylic acids is 2. The van der Waals surface area contributed by atoms with Crippen LogP contribution in [0.4, 0.5) is 4.39 Å². The number of rotatable bonds is 21. The highest BCUT2D eigenvalue weighted by Gasteiger charge is 2.44. The summed E-state index contributed by atoms with van der Waals surface area (Å²) in [7, 11) is 0. The molecule has 1 aliphatic carbocycles. The number of terminal acetylenes is 1. The summed E-state index contributed by atoms with van der Waals surface area (Å²) in [4.78, 5) is 26.1. The van der Waals surface area contributed by atoms with Crippen LogP contribution < -0.4 is 15.8 Å². The maximum Gasteiger partial charge on any atom is 0.222 e. The van der Waals surface area contributed by atoms with Gasteiger partial charge < -0.3 is 25.8 Å². The van der Waals surface area contributed by atoms with E-state index in [2.05, 4.69) is 42.4 Å². The molecular formula is C36H50FN3O4. The summed E-state index contributed by atoms with van der Waals surface area (Å²) in [6.07, 6.45) is 12.1. The Morgan fingerprint density at radius 2 is 1.93 bits per heavy atom. The number of nitrogens with one attached hydrogen (secondary N) is 1. The van der Waals surface area contributed by atoms with Gasteiger partial charge in [0, 0.05) is 50.0 Å². The maximum atomic E-state index is 14.4. The molecule has 0 radical (unpaired) electrons. The third kappa shape index (κ3) is 11.3. The average molecular weight is 608 g/mol. The molecule has 0 heterocycles. The third-order valence-electron chi connectivity index (χ3n) is 8.42.